The van der Waals surface area contributed by atoms with E-state index >= 15 is 0 Å². The molecule has 0 fully saturated rings. The lowest BCUT2D eigenvalue weighted by Crippen LogP contribution is -2.42. The highest BCUT2D eigenvalue weighted by Crippen LogP contribution is 2.43. The summed E-state index contributed by atoms with van der Waals surface area (Å²) in [5, 5.41) is 7.15. The quantitative estimate of drug-likeness (QED) is 0.0343. The minimum Gasteiger partial charge on any atom is -0.329 e. The molecule has 2 atom stereocenters. The Kier molecular flexibility index (Phi) is 33.5. The molecule has 0 aliphatic carbocycles. The molecule has 0 aromatic carbocycles. The van der Waals surface area contributed by atoms with Gasteiger partial charge in [0.25, 0.3) is 0 Å². The molecule has 0 saturated heterocycles. The van der Waals surface area contributed by atoms with E-state index in [1.165, 1.54) is 161 Å². The summed E-state index contributed by atoms with van der Waals surface area (Å²) in [6.07, 6.45) is 35.2. The molecule has 0 radical (unpaired) electrons. The van der Waals surface area contributed by atoms with Crippen LogP contribution < -0.4 is 10.6 Å². The van der Waals surface area contributed by atoms with Crippen molar-refractivity contribution in [1.82, 2.24) is 10.6 Å². The minimum absolute atomic E-state index is 0.0122. The predicted molar refractivity (Wildman–Crippen MR) is 201 cm³/mol. The van der Waals surface area contributed by atoms with Crippen molar-refractivity contribution < 1.29 is 23.0 Å². The molecule has 0 aromatic rings. The van der Waals surface area contributed by atoms with E-state index in [4.69, 9.17) is 9.05 Å². The van der Waals surface area contributed by atoms with E-state index in [1.54, 1.807) is 0 Å². The van der Waals surface area contributed by atoms with Crippen molar-refractivity contribution in [1.29, 1.82) is 0 Å². The Bertz CT molecular complexity index is 662. The first-order valence-corrected chi connectivity index (χ1v) is 21.6. The lowest BCUT2D eigenvalue weighted by Gasteiger charge is -2.24. The van der Waals surface area contributed by atoms with Crippen LogP contribution in [0.5, 0.6) is 0 Å². The topological polar surface area (TPSA) is 79.8 Å². The number of unbranched alkanes of at least 4 members (excludes halogenated alkanes) is 24. The van der Waals surface area contributed by atoms with Gasteiger partial charge in [0, 0.05) is 12.6 Å². The third kappa shape index (κ3) is 36.8. The van der Waals surface area contributed by atoms with Gasteiger partial charge in [-0.2, -0.15) is 0 Å². The molecule has 0 aromatic heterocycles. The Hall–Kier alpha value is -0.0100. The van der Waals surface area contributed by atoms with Crippen LogP contribution in [0.25, 0.3) is 0 Å². The first-order chi connectivity index (χ1) is 22.2. The number of hydrogen-bond donors (Lipinski definition) is 3. The third-order valence-electron chi connectivity index (χ3n) is 9.02. The average molecular weight is 677 g/mol. The number of likely N-dealkylation sites (N-methyl/N-ethyl adjacent to an activating group) is 1. The van der Waals surface area contributed by atoms with Crippen LogP contribution in [0.2, 0.25) is 0 Å². The van der Waals surface area contributed by atoms with Crippen molar-refractivity contribution in [3.8, 4) is 0 Å². The molecule has 278 valence electrons. The summed E-state index contributed by atoms with van der Waals surface area (Å²) in [6.45, 7) is 8.20. The van der Waals surface area contributed by atoms with Gasteiger partial charge in [-0.05, 0) is 25.9 Å². The van der Waals surface area contributed by atoms with Gasteiger partial charge in [-0.3, -0.25) is 9.05 Å². The van der Waals surface area contributed by atoms with E-state index in [-0.39, 0.29) is 19.3 Å². The van der Waals surface area contributed by atoms with E-state index in [0.717, 1.165) is 26.1 Å². The Labute approximate surface area is 288 Å². The number of nitrogens with one attached hydrogen (secondary N) is 2. The second kappa shape index (κ2) is 33.5. The van der Waals surface area contributed by atoms with Crippen LogP contribution in [0.1, 0.15) is 181 Å². The minimum atomic E-state index is -4.06. The van der Waals surface area contributed by atoms with Gasteiger partial charge in [0.05, 0.1) is 27.7 Å². The second-order valence-electron chi connectivity index (χ2n) is 15.0. The number of phosphoric acid groups is 1. The van der Waals surface area contributed by atoms with Crippen LogP contribution in [0.15, 0.2) is 0 Å². The molecule has 0 rings (SSSR count). The maximum Gasteiger partial charge on any atom is 0.472 e. The monoisotopic (exact) mass is 677 g/mol. The molecule has 0 bridgehead atoms. The van der Waals surface area contributed by atoms with Crippen LogP contribution in [0.4, 0.5) is 0 Å². The van der Waals surface area contributed by atoms with Gasteiger partial charge < -0.3 is 20.0 Å². The molecule has 1 unspecified atom stereocenters. The zero-order chi connectivity index (χ0) is 34.0. The molecule has 0 aliphatic heterocycles. The largest absolute Gasteiger partial charge is 0.472 e. The molecular weight excluding hydrogens is 593 g/mol. The molecule has 0 amide bonds. The number of rotatable bonds is 38. The fourth-order valence-electron chi connectivity index (χ4n) is 5.83. The molecular formula is C38H83N3O4P+. The SMILES string of the molecule is CCCCCCCCCCCCCCCCN[C@H](CNCCCCCCCCCCCCCC)COP(=O)(O)OCC[N+](C)(C)C. The summed E-state index contributed by atoms with van der Waals surface area (Å²) in [4.78, 5) is 10.2. The van der Waals surface area contributed by atoms with Crippen LogP contribution in [-0.2, 0) is 13.6 Å². The zero-order valence-electron chi connectivity index (χ0n) is 31.8. The maximum atomic E-state index is 12.5. The fraction of sp³-hybridized carbons (Fsp3) is 1.00. The third-order valence-corrected chi connectivity index (χ3v) is 10.0. The fourth-order valence-corrected chi connectivity index (χ4v) is 6.59. The van der Waals surface area contributed by atoms with Gasteiger partial charge >= 0.3 is 7.82 Å². The molecule has 0 saturated carbocycles. The Balaban J connectivity index is 4.10. The summed E-state index contributed by atoms with van der Waals surface area (Å²) in [5.74, 6) is 0. The van der Waals surface area contributed by atoms with Crippen LogP contribution in [0.3, 0.4) is 0 Å². The standard InChI is InChI=1S/C38H82N3O4P/c1-6-8-10-12-14-16-18-20-21-23-25-27-29-31-33-40-38(37-45-46(42,43)44-35-34-41(3,4)5)36-39-32-30-28-26-24-22-19-17-15-13-11-9-7-2/h38-40H,6-37H2,1-5H3/p+1/t38-/m1/s1. The van der Waals surface area contributed by atoms with E-state index < -0.39 is 7.82 Å². The van der Waals surface area contributed by atoms with E-state index in [0.29, 0.717) is 11.0 Å². The van der Waals surface area contributed by atoms with Crippen molar-refractivity contribution in [3.63, 3.8) is 0 Å². The number of quaternary nitrogens is 1. The van der Waals surface area contributed by atoms with Gasteiger partial charge in [0.15, 0.2) is 0 Å². The van der Waals surface area contributed by atoms with Crippen molar-refractivity contribution in [2.75, 3.05) is 60.5 Å². The molecule has 3 N–H and O–H groups in total. The highest BCUT2D eigenvalue weighted by molar-refractivity contribution is 7.47. The number of phosphoric ester groups is 1. The van der Waals surface area contributed by atoms with E-state index in [2.05, 4.69) is 24.5 Å². The summed E-state index contributed by atoms with van der Waals surface area (Å²) < 4.78 is 23.8. The van der Waals surface area contributed by atoms with Crippen molar-refractivity contribution in [2.45, 2.75) is 187 Å². The van der Waals surface area contributed by atoms with Crippen molar-refractivity contribution >= 4 is 7.82 Å². The highest BCUT2D eigenvalue weighted by Gasteiger charge is 2.24. The first kappa shape index (κ1) is 46.0. The van der Waals surface area contributed by atoms with Crippen molar-refractivity contribution in [3.05, 3.63) is 0 Å². The van der Waals surface area contributed by atoms with Crippen molar-refractivity contribution in [2.24, 2.45) is 0 Å². The second-order valence-corrected chi connectivity index (χ2v) is 16.4. The Morgan fingerprint density at radius 1 is 0.565 bits per heavy atom. The molecule has 0 heterocycles. The average Bonchev–Trinajstić information content (AvgIpc) is 3.00. The summed E-state index contributed by atoms with van der Waals surface area (Å²) in [6, 6.07) is -0.0122. The van der Waals surface area contributed by atoms with Gasteiger partial charge in [0.1, 0.15) is 13.2 Å². The smallest absolute Gasteiger partial charge is 0.329 e. The molecule has 8 heteroatoms. The summed E-state index contributed by atoms with van der Waals surface area (Å²) in [7, 11) is 2.04. The van der Waals surface area contributed by atoms with Gasteiger partial charge in [-0.15, -0.1) is 0 Å². The predicted octanol–water partition coefficient (Wildman–Crippen LogP) is 10.6. The zero-order valence-corrected chi connectivity index (χ0v) is 32.7. The van der Waals surface area contributed by atoms with Gasteiger partial charge in [-0.25, -0.2) is 4.57 Å². The lowest BCUT2D eigenvalue weighted by atomic mass is 10.0. The number of hydrogen-bond acceptors (Lipinski definition) is 5. The summed E-state index contributed by atoms with van der Waals surface area (Å²) in [5.41, 5.74) is 0. The molecule has 0 aliphatic rings. The van der Waals surface area contributed by atoms with Gasteiger partial charge in [0.2, 0.25) is 0 Å². The Morgan fingerprint density at radius 3 is 1.33 bits per heavy atom. The van der Waals surface area contributed by atoms with Crippen LogP contribution in [0, 0.1) is 0 Å². The van der Waals surface area contributed by atoms with Gasteiger partial charge in [-0.1, -0.05) is 168 Å². The van der Waals surface area contributed by atoms with Crippen LogP contribution in [-0.4, -0.2) is 76.0 Å². The lowest BCUT2D eigenvalue weighted by molar-refractivity contribution is -0.870. The number of nitrogens with zero attached hydrogens (tertiary/aromatic N) is 1. The molecule has 7 nitrogen and oxygen atoms in total. The molecule has 46 heavy (non-hydrogen) atoms. The highest BCUT2D eigenvalue weighted by atomic mass is 31.2. The molecule has 0 spiro atoms. The van der Waals surface area contributed by atoms with E-state index in [9.17, 15) is 9.46 Å². The maximum absolute atomic E-state index is 12.5. The first-order valence-electron chi connectivity index (χ1n) is 20.1. The van der Waals surface area contributed by atoms with Crippen LogP contribution >= 0.6 is 7.82 Å². The Morgan fingerprint density at radius 2 is 0.935 bits per heavy atom. The normalized spacial score (nSPS) is 14.1. The summed E-state index contributed by atoms with van der Waals surface area (Å²) >= 11 is 0. The van der Waals surface area contributed by atoms with E-state index in [1.807, 2.05) is 21.1 Å².